The molecule has 0 amide bonds. The van der Waals surface area contributed by atoms with Crippen LogP contribution in [0.15, 0.2) is 24.3 Å². The van der Waals surface area contributed by atoms with Gasteiger partial charge in [-0.25, -0.2) is 4.84 Å². The molecule has 0 radical (unpaired) electrons. The van der Waals surface area contributed by atoms with Gasteiger partial charge in [-0.15, -0.1) is 0 Å². The number of aliphatic carboxylic acids is 1. The fourth-order valence-electron chi connectivity index (χ4n) is 1.97. The molecule has 90 valence electrons. The second-order valence-electron chi connectivity index (χ2n) is 3.98. The van der Waals surface area contributed by atoms with Crippen molar-refractivity contribution in [3.63, 3.8) is 0 Å². The van der Waals surface area contributed by atoms with E-state index < -0.39 is 12.0 Å². The highest BCUT2D eigenvalue weighted by Gasteiger charge is 2.19. The van der Waals surface area contributed by atoms with Crippen LogP contribution in [-0.4, -0.2) is 22.1 Å². The topological polar surface area (TPSA) is 65.1 Å². The lowest BCUT2D eigenvalue weighted by molar-refractivity contribution is -0.138. The van der Waals surface area contributed by atoms with Crippen molar-refractivity contribution in [2.75, 3.05) is 0 Å². The van der Waals surface area contributed by atoms with Gasteiger partial charge in [0.05, 0.1) is 0 Å². The minimum atomic E-state index is -0.954. The number of carbonyl (C=O) groups is 1. The molecule has 0 saturated carbocycles. The van der Waals surface area contributed by atoms with Gasteiger partial charge in [0.2, 0.25) is 0 Å². The van der Waals surface area contributed by atoms with Gasteiger partial charge < -0.3 is 10.1 Å². The van der Waals surface area contributed by atoms with Gasteiger partial charge in [-0.1, -0.05) is 18.2 Å². The molecule has 0 aliphatic carbocycles. The third-order valence-electron chi connectivity index (χ3n) is 2.87. The fourth-order valence-corrected chi connectivity index (χ4v) is 2.14. The summed E-state index contributed by atoms with van der Waals surface area (Å²) in [6.07, 6.45) is 0.356. The van der Waals surface area contributed by atoms with Crippen LogP contribution >= 0.6 is 11.8 Å². The Morgan fingerprint density at radius 1 is 1.53 bits per heavy atom. The largest absolute Gasteiger partial charge is 0.480 e. The molecule has 1 aromatic heterocycles. The first-order chi connectivity index (χ1) is 8.13. The number of nitrogens with one attached hydrogen (secondary N) is 2. The Morgan fingerprint density at radius 2 is 2.24 bits per heavy atom. The number of aromatic amines is 1. The van der Waals surface area contributed by atoms with E-state index in [0.29, 0.717) is 6.42 Å². The van der Waals surface area contributed by atoms with Gasteiger partial charge >= 0.3 is 5.97 Å². The van der Waals surface area contributed by atoms with Crippen molar-refractivity contribution in [2.24, 2.45) is 0 Å². The van der Waals surface area contributed by atoms with Crippen molar-refractivity contribution >= 4 is 28.6 Å². The van der Waals surface area contributed by atoms with Crippen LogP contribution in [0.5, 0.6) is 0 Å². The fraction of sp³-hybridized carbons (Fsp3) is 0.250. The quantitative estimate of drug-likeness (QED) is 0.731. The average molecular weight is 253 g/mol. The number of fused-ring (bicyclic) bond motifs is 1. The number of carboxylic acids is 1. The molecule has 5 heteroatoms. The molecule has 0 spiro atoms. The van der Waals surface area contributed by atoms with Gasteiger partial charge in [0, 0.05) is 23.0 Å². The van der Waals surface area contributed by atoms with Crippen LogP contribution in [0.4, 0.5) is 0 Å². The van der Waals surface area contributed by atoms with E-state index in [0.717, 1.165) is 22.2 Å². The van der Waals surface area contributed by atoms with Gasteiger partial charge in [0.15, 0.2) is 0 Å². The van der Waals surface area contributed by atoms with Crippen molar-refractivity contribution < 1.29 is 9.90 Å². The van der Waals surface area contributed by atoms with E-state index in [-0.39, 0.29) is 0 Å². The summed E-state index contributed by atoms with van der Waals surface area (Å²) in [4.78, 5) is 16.5. The lowest BCUT2D eigenvalue weighted by Gasteiger charge is -2.09. The molecule has 1 aromatic carbocycles. The van der Waals surface area contributed by atoms with Gasteiger partial charge in [-0.2, -0.15) is 0 Å². The number of H-pyrrole nitrogens is 1. The number of aryl methyl sites for hydroxylation is 1. The Hall–Kier alpha value is -1.52. The van der Waals surface area contributed by atoms with E-state index in [4.69, 9.17) is 16.9 Å². The van der Waals surface area contributed by atoms with Crippen LogP contribution in [0, 0.1) is 6.92 Å². The number of aromatic nitrogens is 1. The van der Waals surface area contributed by atoms with Gasteiger partial charge in [0.25, 0.3) is 0 Å². The zero-order valence-electron chi connectivity index (χ0n) is 9.33. The predicted octanol–water partition coefficient (Wildman–Crippen LogP) is 2.22. The summed E-state index contributed by atoms with van der Waals surface area (Å²) in [5.74, 6) is -0.954. The summed E-state index contributed by atoms with van der Waals surface area (Å²) in [7, 11) is 0. The normalized spacial score (nSPS) is 12.8. The first-order valence-electron chi connectivity index (χ1n) is 5.28. The minimum Gasteiger partial charge on any atom is -0.480 e. The van der Waals surface area contributed by atoms with E-state index in [2.05, 4.69) is 9.82 Å². The molecular formula is C12H13ClN2O2. The molecule has 3 N–H and O–H groups in total. The minimum absolute atomic E-state index is 0.356. The Kier molecular flexibility index (Phi) is 3.36. The first kappa shape index (κ1) is 12.0. The van der Waals surface area contributed by atoms with E-state index in [1.54, 1.807) is 0 Å². The maximum atomic E-state index is 10.9. The van der Waals surface area contributed by atoms with E-state index >= 15 is 0 Å². The summed E-state index contributed by atoms with van der Waals surface area (Å²) in [5, 5.41) is 10.0. The van der Waals surface area contributed by atoms with Gasteiger partial charge in [-0.3, -0.25) is 4.79 Å². The third kappa shape index (κ3) is 2.28. The molecule has 17 heavy (non-hydrogen) atoms. The van der Waals surface area contributed by atoms with Gasteiger partial charge in [0.1, 0.15) is 6.04 Å². The molecule has 0 saturated heterocycles. The number of rotatable bonds is 4. The third-order valence-corrected chi connectivity index (χ3v) is 3.13. The molecule has 0 aliphatic rings. The lowest BCUT2D eigenvalue weighted by atomic mass is 10.0. The van der Waals surface area contributed by atoms with Crippen molar-refractivity contribution in [1.82, 2.24) is 9.82 Å². The van der Waals surface area contributed by atoms with Gasteiger partial charge in [-0.05, 0) is 30.3 Å². The van der Waals surface area contributed by atoms with Crippen LogP contribution in [-0.2, 0) is 11.2 Å². The molecule has 1 heterocycles. The first-order valence-corrected chi connectivity index (χ1v) is 5.66. The molecule has 1 atom stereocenters. The highest BCUT2D eigenvalue weighted by atomic mass is 35.5. The van der Waals surface area contributed by atoms with Crippen molar-refractivity contribution in [1.29, 1.82) is 0 Å². The maximum Gasteiger partial charge on any atom is 0.322 e. The second-order valence-corrected chi connectivity index (χ2v) is 4.20. The molecule has 0 fully saturated rings. The van der Waals surface area contributed by atoms with Crippen LogP contribution in [0.1, 0.15) is 11.3 Å². The Balaban J connectivity index is 2.41. The van der Waals surface area contributed by atoms with Crippen LogP contribution in [0.2, 0.25) is 0 Å². The van der Waals surface area contributed by atoms with Crippen molar-refractivity contribution in [2.45, 2.75) is 19.4 Å². The van der Waals surface area contributed by atoms with Crippen molar-refractivity contribution in [3.8, 4) is 0 Å². The average Bonchev–Trinajstić information content (AvgIpc) is 2.61. The summed E-state index contributed by atoms with van der Waals surface area (Å²) in [6.45, 7) is 1.93. The molecule has 2 rings (SSSR count). The highest BCUT2D eigenvalue weighted by Crippen LogP contribution is 2.23. The summed E-state index contributed by atoms with van der Waals surface area (Å²) >= 11 is 5.44. The number of hydrogen-bond donors (Lipinski definition) is 3. The summed E-state index contributed by atoms with van der Waals surface area (Å²) in [5.41, 5.74) is 2.98. The Labute approximate surface area is 104 Å². The Morgan fingerprint density at radius 3 is 2.88 bits per heavy atom. The number of halogens is 1. The van der Waals surface area contributed by atoms with E-state index in [9.17, 15) is 4.79 Å². The molecule has 2 aromatic rings. The van der Waals surface area contributed by atoms with E-state index in [1.165, 1.54) is 0 Å². The number of hydrogen-bond acceptors (Lipinski definition) is 2. The summed E-state index contributed by atoms with van der Waals surface area (Å²) in [6, 6.07) is 7.03. The standard InChI is InChI=1S/C12H13ClN2O2/c1-7-9(6-11(15-13)12(16)17)8-4-2-3-5-10(8)14-7/h2-5,11,14-15H,6H2,1H3,(H,16,17). The molecule has 4 nitrogen and oxygen atoms in total. The Bertz CT molecular complexity index is 550. The van der Waals surface area contributed by atoms with Crippen LogP contribution in [0.25, 0.3) is 10.9 Å². The SMILES string of the molecule is Cc1[nH]c2ccccc2c1CC(NCl)C(=O)O. The summed E-state index contributed by atoms with van der Waals surface area (Å²) < 4.78 is 0. The molecular weight excluding hydrogens is 240 g/mol. The zero-order valence-corrected chi connectivity index (χ0v) is 10.1. The number of carboxylic acid groups (broad SMARTS) is 1. The smallest absolute Gasteiger partial charge is 0.322 e. The number of benzene rings is 1. The number of para-hydroxylation sites is 1. The zero-order chi connectivity index (χ0) is 12.4. The predicted molar refractivity (Wildman–Crippen MR) is 67.2 cm³/mol. The highest BCUT2D eigenvalue weighted by molar-refractivity contribution is 6.14. The maximum absolute atomic E-state index is 10.9. The van der Waals surface area contributed by atoms with Crippen LogP contribution in [0.3, 0.4) is 0 Å². The lowest BCUT2D eigenvalue weighted by Crippen LogP contribution is -2.32. The monoisotopic (exact) mass is 252 g/mol. The second kappa shape index (κ2) is 4.77. The molecule has 1 unspecified atom stereocenters. The molecule has 0 bridgehead atoms. The van der Waals surface area contributed by atoms with E-state index in [1.807, 2.05) is 31.2 Å². The van der Waals surface area contributed by atoms with Crippen LogP contribution < -0.4 is 4.84 Å². The molecule has 0 aliphatic heterocycles. The van der Waals surface area contributed by atoms with Crippen molar-refractivity contribution in [3.05, 3.63) is 35.5 Å².